The van der Waals surface area contributed by atoms with Crippen molar-refractivity contribution < 1.29 is 5.11 Å². The molecule has 0 aromatic rings. The van der Waals surface area contributed by atoms with E-state index in [-0.39, 0.29) is 5.92 Å². The van der Waals surface area contributed by atoms with Crippen LogP contribution in [0.25, 0.3) is 0 Å². The highest BCUT2D eigenvalue weighted by Crippen LogP contribution is 2.22. The normalized spacial score (nSPS) is 21.9. The largest absolute Gasteiger partial charge is 0.380 e. The van der Waals surface area contributed by atoms with Crippen LogP contribution < -0.4 is 0 Å². The fourth-order valence-electron chi connectivity index (χ4n) is 1.71. The van der Waals surface area contributed by atoms with E-state index in [2.05, 4.69) is 18.4 Å². The Morgan fingerprint density at radius 1 is 1.36 bits per heavy atom. The summed E-state index contributed by atoms with van der Waals surface area (Å²) >= 11 is 0. The van der Waals surface area contributed by atoms with Gasteiger partial charge in [0.05, 0.1) is 0 Å². The van der Waals surface area contributed by atoms with Crippen molar-refractivity contribution in [2.75, 3.05) is 0 Å². The molecule has 14 heavy (non-hydrogen) atoms. The number of aliphatic hydroxyl groups is 1. The molecule has 1 N–H and O–H groups in total. The molecule has 1 fully saturated rings. The Kier molecular flexibility index (Phi) is 4.76. The van der Waals surface area contributed by atoms with Crippen molar-refractivity contribution in [3.05, 3.63) is 12.7 Å². The Morgan fingerprint density at radius 2 is 2.00 bits per heavy atom. The molecular formula is C13H20O. The lowest BCUT2D eigenvalue weighted by Crippen LogP contribution is -2.13. The van der Waals surface area contributed by atoms with Crippen molar-refractivity contribution >= 4 is 0 Å². The topological polar surface area (TPSA) is 20.2 Å². The number of hydrogen-bond donors (Lipinski definition) is 1. The quantitative estimate of drug-likeness (QED) is 0.527. The fourth-order valence-corrected chi connectivity index (χ4v) is 1.71. The first-order valence-corrected chi connectivity index (χ1v) is 5.55. The second-order valence-electron chi connectivity index (χ2n) is 4.16. The fraction of sp³-hybridized carbons (Fsp3) is 0.692. The molecule has 0 aromatic carbocycles. The van der Waals surface area contributed by atoms with Gasteiger partial charge < -0.3 is 5.11 Å². The number of rotatable bonds is 2. The summed E-state index contributed by atoms with van der Waals surface area (Å²) in [5, 5.41) is 9.60. The van der Waals surface area contributed by atoms with Crippen LogP contribution in [0, 0.1) is 23.7 Å². The molecule has 1 saturated carbocycles. The van der Waals surface area contributed by atoms with E-state index < -0.39 is 6.10 Å². The SMILES string of the molecule is C=C[C@@H](C)[C@@H](O)C#CC1CCCCC1. The Labute approximate surface area is 87.2 Å². The van der Waals surface area contributed by atoms with Gasteiger partial charge in [0.15, 0.2) is 0 Å². The van der Waals surface area contributed by atoms with Gasteiger partial charge in [-0.25, -0.2) is 0 Å². The predicted octanol–water partition coefficient (Wildman–Crippen LogP) is 2.75. The van der Waals surface area contributed by atoms with Crippen LogP contribution in [0.15, 0.2) is 12.7 Å². The molecule has 1 heteroatoms. The molecular weight excluding hydrogens is 172 g/mol. The van der Waals surface area contributed by atoms with Crippen LogP contribution in [0.2, 0.25) is 0 Å². The first-order chi connectivity index (χ1) is 6.74. The molecule has 0 aromatic heterocycles. The van der Waals surface area contributed by atoms with E-state index in [1.165, 1.54) is 32.1 Å². The lowest BCUT2D eigenvalue weighted by molar-refractivity contribution is 0.194. The maximum atomic E-state index is 9.60. The maximum absolute atomic E-state index is 9.60. The Balaban J connectivity index is 2.40. The molecule has 1 nitrogen and oxygen atoms in total. The molecule has 1 aliphatic rings. The van der Waals surface area contributed by atoms with Gasteiger partial charge in [0.2, 0.25) is 0 Å². The van der Waals surface area contributed by atoms with Crippen molar-refractivity contribution in [3.63, 3.8) is 0 Å². The van der Waals surface area contributed by atoms with Gasteiger partial charge in [0.25, 0.3) is 0 Å². The summed E-state index contributed by atoms with van der Waals surface area (Å²) in [6, 6.07) is 0. The predicted molar refractivity (Wildman–Crippen MR) is 59.7 cm³/mol. The number of hydrogen-bond acceptors (Lipinski definition) is 1. The van der Waals surface area contributed by atoms with Gasteiger partial charge in [-0.2, -0.15) is 0 Å². The third kappa shape index (κ3) is 3.55. The molecule has 0 radical (unpaired) electrons. The highest BCUT2D eigenvalue weighted by molar-refractivity contribution is 5.11. The van der Waals surface area contributed by atoms with E-state index >= 15 is 0 Å². The lowest BCUT2D eigenvalue weighted by atomic mass is 9.89. The third-order valence-electron chi connectivity index (χ3n) is 2.91. The van der Waals surface area contributed by atoms with Crippen molar-refractivity contribution in [1.29, 1.82) is 0 Å². The molecule has 0 unspecified atom stereocenters. The van der Waals surface area contributed by atoms with Gasteiger partial charge in [-0.05, 0) is 12.8 Å². The summed E-state index contributed by atoms with van der Waals surface area (Å²) in [6.07, 6.45) is 7.59. The molecule has 2 atom stereocenters. The molecule has 0 heterocycles. The van der Waals surface area contributed by atoms with E-state index in [1.807, 2.05) is 6.92 Å². The van der Waals surface area contributed by atoms with Gasteiger partial charge in [-0.3, -0.25) is 0 Å². The monoisotopic (exact) mass is 192 g/mol. The minimum atomic E-state index is -0.533. The highest BCUT2D eigenvalue weighted by atomic mass is 16.3. The van der Waals surface area contributed by atoms with Crippen LogP contribution in [0.5, 0.6) is 0 Å². The van der Waals surface area contributed by atoms with E-state index in [0.29, 0.717) is 5.92 Å². The first kappa shape index (κ1) is 11.3. The van der Waals surface area contributed by atoms with Crippen molar-refractivity contribution in [3.8, 4) is 11.8 Å². The van der Waals surface area contributed by atoms with Crippen LogP contribution >= 0.6 is 0 Å². The minimum absolute atomic E-state index is 0.0751. The van der Waals surface area contributed by atoms with Crippen LogP contribution in [-0.4, -0.2) is 11.2 Å². The molecule has 0 saturated heterocycles. The van der Waals surface area contributed by atoms with Crippen LogP contribution in [0.3, 0.4) is 0 Å². The lowest BCUT2D eigenvalue weighted by Gasteiger charge is -2.16. The number of aliphatic hydroxyl groups excluding tert-OH is 1. The molecule has 1 aliphatic carbocycles. The van der Waals surface area contributed by atoms with Crippen LogP contribution in [0.1, 0.15) is 39.0 Å². The standard InChI is InChI=1S/C13H20O/c1-3-11(2)13(14)10-9-12-7-5-4-6-8-12/h3,11-14H,1,4-8H2,2H3/t11-,13+/m1/s1. The second-order valence-corrected chi connectivity index (χ2v) is 4.16. The molecule has 0 amide bonds. The first-order valence-electron chi connectivity index (χ1n) is 5.55. The second kappa shape index (κ2) is 5.88. The zero-order valence-electron chi connectivity index (χ0n) is 9.00. The maximum Gasteiger partial charge on any atom is 0.120 e. The molecule has 0 aliphatic heterocycles. The van der Waals surface area contributed by atoms with Crippen LogP contribution in [-0.2, 0) is 0 Å². The summed E-state index contributed by atoms with van der Waals surface area (Å²) in [5.74, 6) is 6.72. The van der Waals surface area contributed by atoms with Gasteiger partial charge in [-0.15, -0.1) is 6.58 Å². The average molecular weight is 192 g/mol. The molecule has 0 spiro atoms. The average Bonchev–Trinajstić information content (AvgIpc) is 2.26. The summed E-state index contributed by atoms with van der Waals surface area (Å²) in [4.78, 5) is 0. The van der Waals surface area contributed by atoms with Crippen molar-refractivity contribution in [2.45, 2.75) is 45.1 Å². The highest BCUT2D eigenvalue weighted by Gasteiger charge is 2.11. The summed E-state index contributed by atoms with van der Waals surface area (Å²) in [5.41, 5.74) is 0. The van der Waals surface area contributed by atoms with Gasteiger partial charge >= 0.3 is 0 Å². The van der Waals surface area contributed by atoms with Crippen molar-refractivity contribution in [1.82, 2.24) is 0 Å². The van der Waals surface area contributed by atoms with Crippen molar-refractivity contribution in [2.24, 2.45) is 11.8 Å². The Morgan fingerprint density at radius 3 is 2.57 bits per heavy atom. The zero-order valence-corrected chi connectivity index (χ0v) is 9.00. The minimum Gasteiger partial charge on any atom is -0.380 e. The smallest absolute Gasteiger partial charge is 0.120 e. The third-order valence-corrected chi connectivity index (χ3v) is 2.91. The molecule has 1 rings (SSSR count). The molecule has 0 bridgehead atoms. The summed E-state index contributed by atoms with van der Waals surface area (Å²) < 4.78 is 0. The van der Waals surface area contributed by atoms with E-state index in [0.717, 1.165) is 0 Å². The van der Waals surface area contributed by atoms with Crippen LogP contribution in [0.4, 0.5) is 0 Å². The summed E-state index contributed by atoms with van der Waals surface area (Å²) in [6.45, 7) is 5.59. The van der Waals surface area contributed by atoms with E-state index in [1.54, 1.807) is 6.08 Å². The molecule has 78 valence electrons. The Hall–Kier alpha value is -0.740. The van der Waals surface area contributed by atoms with Gasteiger partial charge in [0.1, 0.15) is 6.10 Å². The van der Waals surface area contributed by atoms with E-state index in [9.17, 15) is 5.11 Å². The zero-order chi connectivity index (χ0) is 10.4. The Bertz CT molecular complexity index is 227. The van der Waals surface area contributed by atoms with Gasteiger partial charge in [-0.1, -0.05) is 44.1 Å². The van der Waals surface area contributed by atoms with E-state index in [4.69, 9.17) is 0 Å². The summed E-state index contributed by atoms with van der Waals surface area (Å²) in [7, 11) is 0. The van der Waals surface area contributed by atoms with Gasteiger partial charge in [0, 0.05) is 11.8 Å².